The minimum atomic E-state index is -0.436. The molecule has 1 aromatic heterocycles. The fourth-order valence-electron chi connectivity index (χ4n) is 6.21. The Balaban J connectivity index is 1.50. The van der Waals surface area contributed by atoms with E-state index < -0.39 is 6.04 Å². The van der Waals surface area contributed by atoms with E-state index in [1.807, 2.05) is 34.1 Å². The van der Waals surface area contributed by atoms with E-state index in [1.165, 1.54) is 12.0 Å². The molecule has 0 unspecified atom stereocenters. The van der Waals surface area contributed by atoms with Gasteiger partial charge in [0, 0.05) is 29.1 Å². The Morgan fingerprint density at radius 2 is 1.69 bits per heavy atom. The van der Waals surface area contributed by atoms with E-state index in [2.05, 4.69) is 36.2 Å². The number of carbonyl (C=O) groups is 2. The molecule has 2 aromatic carbocycles. The number of hydrogen-bond donors (Lipinski definition) is 1. The number of para-hydroxylation sites is 1. The van der Waals surface area contributed by atoms with Gasteiger partial charge in [0.05, 0.1) is 6.04 Å². The van der Waals surface area contributed by atoms with Crippen LogP contribution in [0.2, 0.25) is 0 Å². The van der Waals surface area contributed by atoms with Crippen LogP contribution in [0, 0.1) is 6.92 Å². The first-order valence-corrected chi connectivity index (χ1v) is 11.9. The second-order valence-corrected chi connectivity index (χ2v) is 9.60. The number of benzene rings is 2. The van der Waals surface area contributed by atoms with Gasteiger partial charge in [-0.15, -0.1) is 0 Å². The Hall–Kier alpha value is -3.08. The maximum Gasteiger partial charge on any atom is 0.246 e. The number of nitrogens with one attached hydrogen (secondary N) is 1. The Labute approximate surface area is 188 Å². The van der Waals surface area contributed by atoms with E-state index in [0.717, 1.165) is 53.4 Å². The predicted octanol–water partition coefficient (Wildman–Crippen LogP) is 4.49. The number of fused-ring (bicyclic) bond motifs is 4. The Morgan fingerprint density at radius 1 is 0.938 bits per heavy atom. The highest BCUT2D eigenvalue weighted by molar-refractivity contribution is 5.98. The van der Waals surface area contributed by atoms with E-state index in [1.54, 1.807) is 0 Å². The Kier molecular flexibility index (Phi) is 4.60. The molecule has 5 heteroatoms. The van der Waals surface area contributed by atoms with Gasteiger partial charge in [-0.05, 0) is 42.5 Å². The van der Waals surface area contributed by atoms with Gasteiger partial charge in [-0.25, -0.2) is 0 Å². The van der Waals surface area contributed by atoms with Gasteiger partial charge in [0.1, 0.15) is 12.6 Å². The summed E-state index contributed by atoms with van der Waals surface area (Å²) in [5.41, 5.74) is 5.54. The number of nitrogens with zero attached hydrogens (tertiary/aromatic N) is 2. The summed E-state index contributed by atoms with van der Waals surface area (Å²) in [6, 6.07) is 16.0. The smallest absolute Gasteiger partial charge is 0.246 e. The minimum Gasteiger partial charge on any atom is -0.356 e. The Bertz CT molecular complexity index is 1210. The van der Waals surface area contributed by atoms with Crippen molar-refractivity contribution in [1.82, 2.24) is 14.8 Å². The van der Waals surface area contributed by atoms with Crippen LogP contribution in [0.4, 0.5) is 0 Å². The maximum absolute atomic E-state index is 13.9. The summed E-state index contributed by atoms with van der Waals surface area (Å²) in [5, 5.41) is 1.16. The lowest BCUT2D eigenvalue weighted by atomic mass is 9.84. The Morgan fingerprint density at radius 3 is 2.50 bits per heavy atom. The second-order valence-electron chi connectivity index (χ2n) is 9.60. The molecule has 0 radical (unpaired) electrons. The molecule has 1 N–H and O–H groups in total. The van der Waals surface area contributed by atoms with Gasteiger partial charge in [0.25, 0.3) is 0 Å². The molecule has 2 amide bonds. The summed E-state index contributed by atoms with van der Waals surface area (Å²) in [5.74, 6) is 0.198. The summed E-state index contributed by atoms with van der Waals surface area (Å²) < 4.78 is 0. The molecule has 164 valence electrons. The van der Waals surface area contributed by atoms with Crippen molar-refractivity contribution >= 4 is 22.7 Å². The normalized spacial score (nSPS) is 24.0. The van der Waals surface area contributed by atoms with E-state index in [-0.39, 0.29) is 30.4 Å². The SMILES string of the molecule is Cc1ccccc1[C@H]1c2[nH]c3ccccc3c2C[C@H]2C(=O)N(C3CCCCC3)CC(=O)N12. The molecule has 1 saturated carbocycles. The van der Waals surface area contributed by atoms with Crippen LogP contribution in [0.3, 0.4) is 0 Å². The van der Waals surface area contributed by atoms with Crippen LogP contribution in [0.5, 0.6) is 0 Å². The zero-order valence-corrected chi connectivity index (χ0v) is 18.5. The lowest BCUT2D eigenvalue weighted by molar-refractivity contribution is -0.161. The molecular formula is C27H29N3O2. The number of rotatable bonds is 2. The zero-order chi connectivity index (χ0) is 21.8. The number of amides is 2. The van der Waals surface area contributed by atoms with Gasteiger partial charge in [-0.3, -0.25) is 9.59 Å². The lowest BCUT2D eigenvalue weighted by Gasteiger charge is -2.49. The molecule has 1 aliphatic carbocycles. The number of aromatic nitrogens is 1. The molecule has 3 aliphatic rings. The van der Waals surface area contributed by atoms with Crippen molar-refractivity contribution in [3.8, 4) is 0 Å². The minimum absolute atomic E-state index is 0.0673. The second kappa shape index (κ2) is 7.51. The first-order valence-electron chi connectivity index (χ1n) is 11.9. The number of H-pyrrole nitrogens is 1. The lowest BCUT2D eigenvalue weighted by Crippen LogP contribution is -2.65. The molecule has 3 heterocycles. The molecule has 1 saturated heterocycles. The first-order chi connectivity index (χ1) is 15.6. The average Bonchev–Trinajstić information content (AvgIpc) is 3.20. The standard InChI is InChI=1S/C27H29N3O2/c1-17-9-5-6-12-19(17)26-25-21(20-13-7-8-14-22(20)28-25)15-23-27(32)29(16-24(31)30(23)26)18-10-3-2-4-11-18/h5-9,12-14,18,23,26,28H,2-4,10-11,15-16H2,1H3/t23-,26-/m0/s1. The van der Waals surface area contributed by atoms with Crippen molar-refractivity contribution in [3.63, 3.8) is 0 Å². The highest BCUT2D eigenvalue weighted by atomic mass is 16.2. The van der Waals surface area contributed by atoms with Crippen molar-refractivity contribution in [3.05, 3.63) is 70.9 Å². The maximum atomic E-state index is 13.9. The average molecular weight is 428 g/mol. The third-order valence-electron chi connectivity index (χ3n) is 7.79. The van der Waals surface area contributed by atoms with Crippen molar-refractivity contribution < 1.29 is 9.59 Å². The van der Waals surface area contributed by atoms with E-state index in [9.17, 15) is 9.59 Å². The van der Waals surface area contributed by atoms with Gasteiger partial charge in [-0.2, -0.15) is 0 Å². The highest BCUT2D eigenvalue weighted by Gasteiger charge is 2.49. The molecule has 6 rings (SSSR count). The van der Waals surface area contributed by atoms with Crippen LogP contribution in [-0.4, -0.2) is 45.2 Å². The molecule has 2 aliphatic heterocycles. The summed E-state index contributed by atoms with van der Waals surface area (Å²) in [7, 11) is 0. The van der Waals surface area contributed by atoms with Crippen LogP contribution >= 0.6 is 0 Å². The van der Waals surface area contributed by atoms with Crippen LogP contribution in [0.25, 0.3) is 10.9 Å². The molecule has 0 bridgehead atoms. The van der Waals surface area contributed by atoms with E-state index in [4.69, 9.17) is 0 Å². The summed E-state index contributed by atoms with van der Waals surface area (Å²) in [4.78, 5) is 34.9. The van der Waals surface area contributed by atoms with E-state index >= 15 is 0 Å². The molecule has 5 nitrogen and oxygen atoms in total. The third kappa shape index (κ3) is 2.90. The van der Waals surface area contributed by atoms with Crippen molar-refractivity contribution in [2.24, 2.45) is 0 Å². The number of piperazine rings is 1. The first kappa shape index (κ1) is 19.6. The summed E-state index contributed by atoms with van der Waals surface area (Å²) >= 11 is 0. The molecule has 2 atom stereocenters. The van der Waals surface area contributed by atoms with Gasteiger partial charge < -0.3 is 14.8 Å². The van der Waals surface area contributed by atoms with Gasteiger partial charge >= 0.3 is 0 Å². The largest absolute Gasteiger partial charge is 0.356 e. The third-order valence-corrected chi connectivity index (χ3v) is 7.79. The van der Waals surface area contributed by atoms with Crippen LogP contribution in [-0.2, 0) is 16.0 Å². The van der Waals surface area contributed by atoms with Crippen LogP contribution in [0.15, 0.2) is 48.5 Å². The van der Waals surface area contributed by atoms with Crippen LogP contribution < -0.4 is 0 Å². The monoisotopic (exact) mass is 427 g/mol. The van der Waals surface area contributed by atoms with Crippen molar-refractivity contribution in [2.45, 2.75) is 63.6 Å². The predicted molar refractivity (Wildman–Crippen MR) is 124 cm³/mol. The fraction of sp³-hybridized carbons (Fsp3) is 0.407. The molecule has 32 heavy (non-hydrogen) atoms. The summed E-state index contributed by atoms with van der Waals surface area (Å²) in [6.45, 7) is 2.30. The number of hydrogen-bond acceptors (Lipinski definition) is 2. The van der Waals surface area contributed by atoms with Gasteiger partial charge in [0.2, 0.25) is 11.8 Å². The van der Waals surface area contributed by atoms with Gasteiger partial charge in [0.15, 0.2) is 0 Å². The quantitative estimate of drug-likeness (QED) is 0.655. The highest BCUT2D eigenvalue weighted by Crippen LogP contribution is 2.43. The van der Waals surface area contributed by atoms with Crippen molar-refractivity contribution in [1.29, 1.82) is 0 Å². The molecule has 3 aromatic rings. The van der Waals surface area contributed by atoms with E-state index in [0.29, 0.717) is 6.42 Å². The molecular weight excluding hydrogens is 398 g/mol. The summed E-state index contributed by atoms with van der Waals surface area (Å²) in [6.07, 6.45) is 6.15. The number of aryl methyl sites for hydroxylation is 1. The molecule has 2 fully saturated rings. The number of aromatic amines is 1. The fourth-order valence-corrected chi connectivity index (χ4v) is 6.21. The van der Waals surface area contributed by atoms with Crippen molar-refractivity contribution in [2.75, 3.05) is 6.54 Å². The van der Waals surface area contributed by atoms with Crippen LogP contribution in [0.1, 0.15) is 60.5 Å². The zero-order valence-electron chi connectivity index (χ0n) is 18.5. The topological polar surface area (TPSA) is 56.4 Å². The number of carbonyl (C=O) groups excluding carboxylic acids is 2. The molecule has 0 spiro atoms. The van der Waals surface area contributed by atoms with Gasteiger partial charge in [-0.1, -0.05) is 61.7 Å².